The van der Waals surface area contributed by atoms with Crippen LogP contribution in [0.25, 0.3) is 0 Å². The fourth-order valence-corrected chi connectivity index (χ4v) is 3.24. The Morgan fingerprint density at radius 3 is 2.50 bits per heavy atom. The van der Waals surface area contributed by atoms with E-state index in [9.17, 15) is 8.42 Å². The van der Waals surface area contributed by atoms with E-state index in [0.717, 1.165) is 12.0 Å². The lowest BCUT2D eigenvalue weighted by molar-refractivity contribution is 0.281. The van der Waals surface area contributed by atoms with Crippen molar-refractivity contribution in [3.05, 3.63) is 22.2 Å². The molecule has 0 heterocycles. The van der Waals surface area contributed by atoms with E-state index in [-0.39, 0.29) is 4.90 Å². The molecular weight excluding hydrogens is 340 g/mol. The van der Waals surface area contributed by atoms with Crippen molar-refractivity contribution in [1.82, 2.24) is 0 Å². The van der Waals surface area contributed by atoms with Crippen LogP contribution in [0.2, 0.25) is 0 Å². The van der Waals surface area contributed by atoms with Crippen molar-refractivity contribution in [2.75, 3.05) is 6.61 Å². The Morgan fingerprint density at radius 2 is 2.00 bits per heavy atom. The molecule has 18 heavy (non-hydrogen) atoms. The molecule has 0 spiro atoms. The molecule has 0 atom stereocenters. The van der Waals surface area contributed by atoms with Gasteiger partial charge >= 0.3 is 0 Å². The molecule has 0 amide bonds. The first-order valence-electron chi connectivity index (χ1n) is 5.59. The summed E-state index contributed by atoms with van der Waals surface area (Å²) in [5.74, 6) is 0.839. The van der Waals surface area contributed by atoms with Gasteiger partial charge in [-0.2, -0.15) is 0 Å². The van der Waals surface area contributed by atoms with E-state index >= 15 is 0 Å². The number of halogens is 2. The van der Waals surface area contributed by atoms with Crippen LogP contribution in [0, 0.1) is 12.8 Å². The van der Waals surface area contributed by atoms with Crippen LogP contribution in [-0.4, -0.2) is 15.0 Å². The van der Waals surface area contributed by atoms with Gasteiger partial charge in [-0.25, -0.2) is 8.42 Å². The molecule has 1 rings (SSSR count). The predicted octanol–water partition coefficient (Wildman–Crippen LogP) is 4.11. The molecule has 1 aromatic carbocycles. The average molecular weight is 356 g/mol. The summed E-state index contributed by atoms with van der Waals surface area (Å²) in [4.78, 5) is 0.0137. The van der Waals surface area contributed by atoms with Gasteiger partial charge in [0.15, 0.2) is 0 Å². The van der Waals surface area contributed by atoms with Crippen LogP contribution < -0.4 is 4.74 Å². The smallest absolute Gasteiger partial charge is 0.265 e. The van der Waals surface area contributed by atoms with Crippen LogP contribution in [-0.2, 0) is 9.05 Å². The Kier molecular flexibility index (Phi) is 5.49. The van der Waals surface area contributed by atoms with Crippen molar-refractivity contribution < 1.29 is 13.2 Å². The quantitative estimate of drug-likeness (QED) is 0.747. The first-order chi connectivity index (χ1) is 8.21. The van der Waals surface area contributed by atoms with Gasteiger partial charge in [-0.1, -0.05) is 29.8 Å². The molecule has 3 nitrogen and oxygen atoms in total. The molecular formula is C12H16BrClO3S. The van der Waals surface area contributed by atoms with Gasteiger partial charge in [0.05, 0.1) is 6.61 Å². The van der Waals surface area contributed by atoms with E-state index in [1.807, 2.05) is 0 Å². The number of hydrogen-bond acceptors (Lipinski definition) is 3. The molecule has 6 heteroatoms. The minimum Gasteiger partial charge on any atom is -0.492 e. The number of rotatable bonds is 5. The number of ether oxygens (including phenoxy) is 1. The summed E-state index contributed by atoms with van der Waals surface area (Å²) < 4.78 is 29.3. The normalized spacial score (nSPS) is 11.9. The Bertz CT molecular complexity index is 526. The third kappa shape index (κ3) is 4.44. The van der Waals surface area contributed by atoms with Crippen molar-refractivity contribution in [3.8, 4) is 5.75 Å². The second kappa shape index (κ2) is 6.26. The third-order valence-electron chi connectivity index (χ3n) is 2.41. The Morgan fingerprint density at radius 1 is 1.39 bits per heavy atom. The molecule has 1 aromatic rings. The van der Waals surface area contributed by atoms with E-state index in [1.165, 1.54) is 6.07 Å². The number of hydrogen-bond donors (Lipinski definition) is 0. The fourth-order valence-electron chi connectivity index (χ4n) is 1.46. The lowest BCUT2D eigenvalue weighted by atomic mass is 10.1. The molecule has 0 radical (unpaired) electrons. The first-order valence-corrected chi connectivity index (χ1v) is 8.69. The zero-order chi connectivity index (χ0) is 13.9. The van der Waals surface area contributed by atoms with Crippen LogP contribution >= 0.6 is 26.6 Å². The minimum absolute atomic E-state index is 0.0137. The summed E-state index contributed by atoms with van der Waals surface area (Å²) in [6, 6.07) is 3.26. The highest BCUT2D eigenvalue weighted by atomic mass is 79.9. The van der Waals surface area contributed by atoms with E-state index < -0.39 is 9.05 Å². The largest absolute Gasteiger partial charge is 0.492 e. The molecule has 0 unspecified atom stereocenters. The summed E-state index contributed by atoms with van der Waals surface area (Å²) in [6.07, 6.45) is 0.858. The zero-order valence-electron chi connectivity index (χ0n) is 10.5. The topological polar surface area (TPSA) is 43.4 Å². The highest BCUT2D eigenvalue weighted by molar-refractivity contribution is 9.10. The summed E-state index contributed by atoms with van der Waals surface area (Å²) in [5, 5.41) is 0. The highest BCUT2D eigenvalue weighted by Gasteiger charge is 2.20. The summed E-state index contributed by atoms with van der Waals surface area (Å²) in [7, 11) is 1.61. The van der Waals surface area contributed by atoms with Gasteiger partial charge in [-0.15, -0.1) is 0 Å². The van der Waals surface area contributed by atoms with Crippen LogP contribution in [0.4, 0.5) is 0 Å². The second-order valence-corrected chi connectivity index (χ2v) is 7.97. The second-order valence-electron chi connectivity index (χ2n) is 4.52. The third-order valence-corrected chi connectivity index (χ3v) is 4.19. The lowest BCUT2D eigenvalue weighted by Gasteiger charge is -2.14. The molecule has 0 N–H and O–H groups in total. The van der Waals surface area contributed by atoms with Crippen molar-refractivity contribution in [3.63, 3.8) is 0 Å². The number of aryl methyl sites for hydroxylation is 1. The maximum atomic E-state index is 11.5. The molecule has 0 aliphatic carbocycles. The predicted molar refractivity (Wildman–Crippen MR) is 76.9 cm³/mol. The van der Waals surface area contributed by atoms with E-state index in [0.29, 0.717) is 22.7 Å². The first kappa shape index (κ1) is 15.8. The van der Waals surface area contributed by atoms with E-state index in [1.54, 1.807) is 13.0 Å². The SMILES string of the molecule is Cc1cc(Br)cc(S(=O)(=O)Cl)c1OCCC(C)C. The van der Waals surface area contributed by atoms with Gasteiger partial charge in [0.1, 0.15) is 10.6 Å². The molecule has 0 fully saturated rings. The lowest BCUT2D eigenvalue weighted by Crippen LogP contribution is -2.06. The van der Waals surface area contributed by atoms with Crippen molar-refractivity contribution in [2.24, 2.45) is 5.92 Å². The van der Waals surface area contributed by atoms with Gasteiger partial charge in [0, 0.05) is 15.2 Å². The average Bonchev–Trinajstić information content (AvgIpc) is 2.18. The van der Waals surface area contributed by atoms with Crippen molar-refractivity contribution >= 4 is 35.7 Å². The van der Waals surface area contributed by atoms with Crippen molar-refractivity contribution in [2.45, 2.75) is 32.1 Å². The highest BCUT2D eigenvalue weighted by Crippen LogP contribution is 2.33. The molecule has 0 saturated heterocycles. The van der Waals surface area contributed by atoms with Gasteiger partial charge in [-0.3, -0.25) is 0 Å². The Balaban J connectivity index is 3.09. The van der Waals surface area contributed by atoms with Gasteiger partial charge in [0.25, 0.3) is 9.05 Å². The number of benzene rings is 1. The molecule has 0 aliphatic rings. The van der Waals surface area contributed by atoms with Gasteiger partial charge < -0.3 is 4.74 Å². The maximum Gasteiger partial charge on any atom is 0.265 e. The van der Waals surface area contributed by atoms with Crippen LogP contribution in [0.5, 0.6) is 5.75 Å². The monoisotopic (exact) mass is 354 g/mol. The Hall–Kier alpha value is -0.260. The summed E-state index contributed by atoms with van der Waals surface area (Å²) in [5.41, 5.74) is 0.743. The van der Waals surface area contributed by atoms with Crippen LogP contribution in [0.1, 0.15) is 25.8 Å². The molecule has 102 valence electrons. The zero-order valence-corrected chi connectivity index (χ0v) is 13.7. The van der Waals surface area contributed by atoms with Crippen LogP contribution in [0.15, 0.2) is 21.5 Å². The maximum absolute atomic E-state index is 11.5. The minimum atomic E-state index is -3.81. The van der Waals surface area contributed by atoms with E-state index in [2.05, 4.69) is 29.8 Å². The Labute approximate surface area is 121 Å². The molecule has 0 saturated carbocycles. The molecule has 0 aromatic heterocycles. The summed E-state index contributed by atoms with van der Waals surface area (Å²) in [6.45, 7) is 6.43. The van der Waals surface area contributed by atoms with Gasteiger partial charge in [0.2, 0.25) is 0 Å². The molecule has 0 bridgehead atoms. The van der Waals surface area contributed by atoms with Crippen LogP contribution in [0.3, 0.4) is 0 Å². The fraction of sp³-hybridized carbons (Fsp3) is 0.500. The van der Waals surface area contributed by atoms with Gasteiger partial charge in [-0.05, 0) is 37.0 Å². The summed E-state index contributed by atoms with van der Waals surface area (Å²) >= 11 is 3.25. The standard InChI is InChI=1S/C12H16BrClO3S/c1-8(2)4-5-17-12-9(3)6-10(13)7-11(12)18(14,15)16/h6-8H,4-5H2,1-3H3. The van der Waals surface area contributed by atoms with E-state index in [4.69, 9.17) is 15.4 Å². The molecule has 0 aliphatic heterocycles. The van der Waals surface area contributed by atoms with Crippen molar-refractivity contribution in [1.29, 1.82) is 0 Å².